The molecule has 0 aliphatic rings. The molecule has 0 bridgehead atoms. The minimum absolute atomic E-state index is 0. The second-order valence-electron chi connectivity index (χ2n) is 0.924. The van der Waals surface area contributed by atoms with Crippen molar-refractivity contribution in [2.45, 2.75) is 0 Å². The van der Waals surface area contributed by atoms with Crippen molar-refractivity contribution in [3.05, 3.63) is 0 Å². The molecule has 10 heteroatoms. The van der Waals surface area contributed by atoms with Crippen LogP contribution in [0.3, 0.4) is 0 Å². The van der Waals surface area contributed by atoms with Gasteiger partial charge in [0, 0.05) is 37.7 Å². The molecule has 0 amide bonds. The summed E-state index contributed by atoms with van der Waals surface area (Å²) in [5, 5.41) is 0. The minimum Gasteiger partial charge on any atom is 0 e. The molecule has 0 atom stereocenters. The van der Waals surface area contributed by atoms with Gasteiger partial charge in [-0.1, -0.05) is 0 Å². The standard InChI is InChI=1S/Ca.H2O6S2Se/c;1-7(2,3)9-8(4,5)6/h;(H,1,2,3)(H,4,5,6). The first-order valence-electron chi connectivity index (χ1n) is 1.37. The van der Waals surface area contributed by atoms with Crippen LogP contribution >= 0.6 is 0 Å². The second-order valence-corrected chi connectivity index (χ2v) is 11.1. The second kappa shape index (κ2) is 4.58. The Labute approximate surface area is 92.2 Å². The van der Waals surface area contributed by atoms with E-state index < -0.39 is 29.8 Å². The van der Waals surface area contributed by atoms with Gasteiger partial charge in [-0.15, -0.1) is 0 Å². The molecule has 10 heavy (non-hydrogen) atoms. The Morgan fingerprint density at radius 3 is 1.10 bits per heavy atom. The van der Waals surface area contributed by atoms with Crippen LogP contribution in [-0.2, 0) is 17.1 Å². The molecule has 0 saturated carbocycles. The first-order chi connectivity index (χ1) is 3.71. The van der Waals surface area contributed by atoms with Crippen LogP contribution in [0.5, 0.6) is 0 Å². The molecule has 2 radical (unpaired) electrons. The van der Waals surface area contributed by atoms with Crippen LogP contribution in [0.25, 0.3) is 0 Å². The van der Waals surface area contributed by atoms with Gasteiger partial charge < -0.3 is 0 Å². The van der Waals surface area contributed by atoms with Gasteiger partial charge in [-0.2, -0.15) is 0 Å². The van der Waals surface area contributed by atoms with Crippen LogP contribution in [0.4, 0.5) is 0 Å². The average molecular weight is 281 g/mol. The van der Waals surface area contributed by atoms with Gasteiger partial charge >= 0.3 is 55.7 Å². The SMILES string of the molecule is O=S(=O)(O)[Se]S(=O)(=O)O.[Ca]. The summed E-state index contributed by atoms with van der Waals surface area (Å²) in [5.41, 5.74) is 0. The molecule has 0 aliphatic heterocycles. The van der Waals surface area contributed by atoms with Crippen LogP contribution in [0.2, 0.25) is 0 Å². The molecule has 0 aromatic carbocycles. The molecular weight excluding hydrogens is 279 g/mol. The minimum atomic E-state index is -4.56. The summed E-state index contributed by atoms with van der Waals surface area (Å²) in [6, 6.07) is 0. The predicted octanol–water partition coefficient (Wildman–Crippen LogP) is -2.08. The molecule has 0 aromatic rings. The van der Waals surface area contributed by atoms with Gasteiger partial charge in [0.1, 0.15) is 0 Å². The van der Waals surface area contributed by atoms with Crippen LogP contribution in [0, 0.1) is 0 Å². The maximum absolute atomic E-state index is 9.69. The zero-order valence-electron chi connectivity index (χ0n) is 4.46. The Bertz CT molecular complexity index is 241. The monoisotopic (exact) mass is 282 g/mol. The Morgan fingerprint density at radius 1 is 0.900 bits per heavy atom. The zero-order valence-corrected chi connectivity index (χ0v) is 10.0. The molecule has 0 unspecified atom stereocenters. The van der Waals surface area contributed by atoms with Crippen LogP contribution in [0.15, 0.2) is 0 Å². The van der Waals surface area contributed by atoms with Crippen molar-refractivity contribution < 1.29 is 25.9 Å². The summed E-state index contributed by atoms with van der Waals surface area (Å²) in [5.74, 6) is 0. The maximum Gasteiger partial charge on any atom is 0 e. The quantitative estimate of drug-likeness (QED) is 0.444. The zero-order chi connectivity index (χ0) is 7.71. The van der Waals surface area contributed by atoms with Crippen molar-refractivity contribution >= 4 is 67.5 Å². The molecular formula is H2CaO6S2Se. The van der Waals surface area contributed by atoms with Gasteiger partial charge in [-0.25, -0.2) is 0 Å². The van der Waals surface area contributed by atoms with Crippen molar-refractivity contribution in [1.29, 1.82) is 0 Å². The summed E-state index contributed by atoms with van der Waals surface area (Å²) < 4.78 is 54.4. The molecule has 6 nitrogen and oxygen atoms in total. The Morgan fingerprint density at radius 2 is 1.10 bits per heavy atom. The topological polar surface area (TPSA) is 109 Å². The fraction of sp³-hybridized carbons (Fsp3) is 0. The van der Waals surface area contributed by atoms with Crippen LogP contribution < -0.4 is 0 Å². The molecule has 0 aromatic heterocycles. The van der Waals surface area contributed by atoms with E-state index in [2.05, 4.69) is 0 Å². The largest absolute Gasteiger partial charge is 0 e. The normalized spacial score (nSPS) is 12.2. The number of hydrogen-bond donors (Lipinski definition) is 2. The smallest absolute Gasteiger partial charge is 0 e. The summed E-state index contributed by atoms with van der Waals surface area (Å²) in [7, 11) is -9.11. The van der Waals surface area contributed by atoms with E-state index in [1.807, 2.05) is 0 Å². The van der Waals surface area contributed by atoms with Crippen molar-refractivity contribution in [2.24, 2.45) is 0 Å². The third-order valence-corrected chi connectivity index (χ3v) is 8.04. The van der Waals surface area contributed by atoms with E-state index in [4.69, 9.17) is 9.11 Å². The number of rotatable bonds is 2. The van der Waals surface area contributed by atoms with Crippen LogP contribution in [0.1, 0.15) is 0 Å². The summed E-state index contributed by atoms with van der Waals surface area (Å²) in [6.45, 7) is 0. The Hall–Kier alpha value is 1.60. The molecule has 2 N–H and O–H groups in total. The Balaban J connectivity index is 0. The van der Waals surface area contributed by atoms with E-state index in [9.17, 15) is 16.8 Å². The van der Waals surface area contributed by atoms with Crippen molar-refractivity contribution in [3.63, 3.8) is 0 Å². The molecule has 0 fully saturated rings. The van der Waals surface area contributed by atoms with Crippen LogP contribution in [-0.4, -0.2) is 76.4 Å². The number of hydrogen-bond acceptors (Lipinski definition) is 4. The van der Waals surface area contributed by atoms with E-state index in [1.165, 1.54) is 0 Å². The average Bonchev–Trinajstić information content (AvgIpc) is 1.14. The van der Waals surface area contributed by atoms with Crippen molar-refractivity contribution in [2.75, 3.05) is 0 Å². The third-order valence-electron chi connectivity index (χ3n) is 0.172. The maximum atomic E-state index is 9.69. The van der Waals surface area contributed by atoms with Crippen molar-refractivity contribution in [1.82, 2.24) is 0 Å². The van der Waals surface area contributed by atoms with E-state index >= 15 is 0 Å². The van der Waals surface area contributed by atoms with E-state index in [-0.39, 0.29) is 37.7 Å². The summed E-state index contributed by atoms with van der Waals surface area (Å²) >= 11 is -2.19. The Kier molecular flexibility index (Phi) is 6.48. The molecule has 0 aliphatic carbocycles. The van der Waals surface area contributed by atoms with Gasteiger partial charge in [0.15, 0.2) is 0 Å². The fourth-order valence-electron chi connectivity index (χ4n) is 0.109. The van der Waals surface area contributed by atoms with E-state index in [1.54, 1.807) is 0 Å². The van der Waals surface area contributed by atoms with Gasteiger partial charge in [0.25, 0.3) is 0 Å². The molecule has 0 saturated heterocycles. The van der Waals surface area contributed by atoms with Gasteiger partial charge in [0.05, 0.1) is 0 Å². The first kappa shape index (κ1) is 14.1. The van der Waals surface area contributed by atoms with E-state index in [0.717, 1.165) is 0 Å². The molecule has 0 heterocycles. The van der Waals surface area contributed by atoms with Gasteiger partial charge in [-0.05, 0) is 0 Å². The fourth-order valence-corrected chi connectivity index (χ4v) is 5.08. The summed E-state index contributed by atoms with van der Waals surface area (Å²) in [6.07, 6.45) is 0. The van der Waals surface area contributed by atoms with Gasteiger partial charge in [-0.3, -0.25) is 0 Å². The molecule has 0 spiro atoms. The van der Waals surface area contributed by atoms with Crippen molar-refractivity contribution in [3.8, 4) is 0 Å². The molecule has 58 valence electrons. The predicted molar refractivity (Wildman–Crippen MR) is 34.6 cm³/mol. The molecule has 0 rings (SSSR count). The summed E-state index contributed by atoms with van der Waals surface area (Å²) in [4.78, 5) is 0. The van der Waals surface area contributed by atoms with E-state index in [0.29, 0.717) is 0 Å². The first-order valence-corrected chi connectivity index (χ1v) is 8.29. The third kappa shape index (κ3) is 12.3. The van der Waals surface area contributed by atoms with Gasteiger partial charge in [0.2, 0.25) is 0 Å².